The molecule has 1 aromatic heterocycles. The molecule has 0 aliphatic rings. The van der Waals surface area contributed by atoms with E-state index >= 15 is 0 Å². The molecule has 0 spiro atoms. The van der Waals surface area contributed by atoms with Gasteiger partial charge in [0, 0.05) is 11.5 Å². The van der Waals surface area contributed by atoms with E-state index in [0.717, 1.165) is 5.01 Å². The second-order valence-electron chi connectivity index (χ2n) is 6.10. The quantitative estimate of drug-likeness (QED) is 0.927. The zero-order chi connectivity index (χ0) is 15.7. The molecule has 0 saturated heterocycles. The van der Waals surface area contributed by atoms with E-state index in [0.29, 0.717) is 10.6 Å². The van der Waals surface area contributed by atoms with E-state index < -0.39 is 5.97 Å². The van der Waals surface area contributed by atoms with Gasteiger partial charge in [0.15, 0.2) is 0 Å². The van der Waals surface area contributed by atoms with Crippen LogP contribution in [0, 0.1) is 6.92 Å². The molecule has 0 aliphatic heterocycles. The highest BCUT2D eigenvalue weighted by molar-refractivity contribution is 7.14. The Morgan fingerprint density at radius 3 is 2.25 bits per heavy atom. The normalized spacial score (nSPS) is 11.8. The molecular formula is C14H22N2O3S. The van der Waals surface area contributed by atoms with Gasteiger partial charge in [-0.2, -0.15) is 0 Å². The molecule has 1 heterocycles. The first-order chi connectivity index (χ1) is 9.04. The molecule has 0 aliphatic carbocycles. The molecule has 0 fully saturated rings. The first kappa shape index (κ1) is 16.6. The first-order valence-corrected chi connectivity index (χ1v) is 7.36. The largest absolute Gasteiger partial charge is 0.480 e. The van der Waals surface area contributed by atoms with E-state index in [4.69, 9.17) is 5.11 Å². The predicted octanol–water partition coefficient (Wildman–Crippen LogP) is 2.68. The minimum absolute atomic E-state index is 0.122. The van der Waals surface area contributed by atoms with E-state index in [2.05, 4.69) is 4.98 Å². The molecule has 0 radical (unpaired) electrons. The van der Waals surface area contributed by atoms with Gasteiger partial charge in [-0.05, 0) is 20.8 Å². The van der Waals surface area contributed by atoms with Crippen LogP contribution in [0.1, 0.15) is 55.0 Å². The maximum atomic E-state index is 12.5. The Bertz CT molecular complexity index is 515. The number of carbonyl (C=O) groups excluding carboxylic acids is 1. The molecule has 1 N–H and O–H groups in total. The van der Waals surface area contributed by atoms with Crippen molar-refractivity contribution in [2.24, 2.45) is 0 Å². The van der Waals surface area contributed by atoms with Crippen molar-refractivity contribution in [3.63, 3.8) is 0 Å². The zero-order valence-corrected chi connectivity index (χ0v) is 13.7. The first-order valence-electron chi connectivity index (χ1n) is 6.54. The summed E-state index contributed by atoms with van der Waals surface area (Å²) in [7, 11) is 0. The van der Waals surface area contributed by atoms with Crippen molar-refractivity contribution in [1.29, 1.82) is 0 Å². The third-order valence-electron chi connectivity index (χ3n) is 2.82. The molecule has 112 valence electrons. The minimum Gasteiger partial charge on any atom is -0.480 e. The maximum absolute atomic E-state index is 12.5. The Kier molecular flexibility index (Phi) is 4.91. The highest BCUT2D eigenvalue weighted by Gasteiger charge is 2.28. The summed E-state index contributed by atoms with van der Waals surface area (Å²) in [6.07, 6.45) is 0. The Morgan fingerprint density at radius 2 is 1.90 bits per heavy atom. The highest BCUT2D eigenvalue weighted by atomic mass is 32.1. The lowest BCUT2D eigenvalue weighted by Gasteiger charge is -2.24. The smallest absolute Gasteiger partial charge is 0.323 e. The number of hydrogen-bond acceptors (Lipinski definition) is 4. The number of aryl methyl sites for hydroxylation is 1. The van der Waals surface area contributed by atoms with Crippen molar-refractivity contribution in [2.45, 2.75) is 53.0 Å². The third kappa shape index (κ3) is 3.79. The number of carboxylic acids is 1. The maximum Gasteiger partial charge on any atom is 0.323 e. The van der Waals surface area contributed by atoms with Crippen LogP contribution in [0.2, 0.25) is 0 Å². The predicted molar refractivity (Wildman–Crippen MR) is 79.4 cm³/mol. The summed E-state index contributed by atoms with van der Waals surface area (Å²) in [4.78, 5) is 29.7. The molecule has 20 heavy (non-hydrogen) atoms. The van der Waals surface area contributed by atoms with Crippen LogP contribution in [0.15, 0.2) is 0 Å². The van der Waals surface area contributed by atoms with Crippen LogP contribution in [-0.2, 0) is 10.2 Å². The lowest BCUT2D eigenvalue weighted by atomic mass is 9.98. The van der Waals surface area contributed by atoms with E-state index in [1.54, 1.807) is 6.92 Å². The van der Waals surface area contributed by atoms with Gasteiger partial charge in [0.1, 0.15) is 11.4 Å². The molecule has 1 amide bonds. The second kappa shape index (κ2) is 5.91. The van der Waals surface area contributed by atoms with Gasteiger partial charge in [-0.25, -0.2) is 4.98 Å². The summed E-state index contributed by atoms with van der Waals surface area (Å²) in [5.41, 5.74) is 0.546. The van der Waals surface area contributed by atoms with Crippen LogP contribution in [0.4, 0.5) is 0 Å². The van der Waals surface area contributed by atoms with Crippen LogP contribution in [-0.4, -0.2) is 39.5 Å². The Hall–Kier alpha value is -1.43. The zero-order valence-electron chi connectivity index (χ0n) is 12.9. The molecule has 0 aromatic carbocycles. The summed E-state index contributed by atoms with van der Waals surface area (Å²) in [5.74, 6) is -1.27. The summed E-state index contributed by atoms with van der Waals surface area (Å²) in [6.45, 7) is 11.2. The molecule has 0 unspecified atom stereocenters. The van der Waals surface area contributed by atoms with E-state index in [-0.39, 0.29) is 23.9 Å². The van der Waals surface area contributed by atoms with Gasteiger partial charge in [-0.1, -0.05) is 20.8 Å². The number of carbonyl (C=O) groups is 2. The highest BCUT2D eigenvalue weighted by Crippen LogP contribution is 2.30. The number of carboxylic acid groups (broad SMARTS) is 1. The number of aliphatic carboxylic acids is 1. The average Bonchev–Trinajstić information content (AvgIpc) is 2.66. The van der Waals surface area contributed by atoms with Crippen molar-refractivity contribution in [2.75, 3.05) is 6.54 Å². The molecule has 1 rings (SSSR count). The summed E-state index contributed by atoms with van der Waals surface area (Å²) in [6, 6.07) is -0.168. The number of nitrogens with zero attached hydrogens (tertiary/aromatic N) is 2. The van der Waals surface area contributed by atoms with Gasteiger partial charge < -0.3 is 10.0 Å². The average molecular weight is 298 g/mol. The summed E-state index contributed by atoms with van der Waals surface area (Å²) in [5, 5.41) is 9.81. The molecule has 0 bridgehead atoms. The summed E-state index contributed by atoms with van der Waals surface area (Å²) >= 11 is 1.35. The standard InChI is InChI=1S/C14H22N2O3S/c1-8(2)16(7-10(17)18)12(19)11-9(3)15-13(20-11)14(4,5)6/h8H,7H2,1-6H3,(H,17,18). The van der Waals surface area contributed by atoms with Crippen molar-refractivity contribution in [3.05, 3.63) is 15.6 Å². The van der Waals surface area contributed by atoms with Gasteiger partial charge in [0.2, 0.25) is 0 Å². The molecule has 5 nitrogen and oxygen atoms in total. The second-order valence-corrected chi connectivity index (χ2v) is 7.10. The van der Waals surface area contributed by atoms with Gasteiger partial charge in [0.25, 0.3) is 5.91 Å². The molecule has 1 aromatic rings. The number of hydrogen-bond donors (Lipinski definition) is 1. The van der Waals surface area contributed by atoms with E-state index in [9.17, 15) is 9.59 Å². The lowest BCUT2D eigenvalue weighted by molar-refractivity contribution is -0.138. The molecule has 0 saturated carbocycles. The third-order valence-corrected chi connectivity index (χ3v) is 4.39. The van der Waals surface area contributed by atoms with Gasteiger partial charge >= 0.3 is 5.97 Å². The number of rotatable bonds is 4. The van der Waals surface area contributed by atoms with Gasteiger partial charge in [-0.3, -0.25) is 9.59 Å². The molecule has 0 atom stereocenters. The summed E-state index contributed by atoms with van der Waals surface area (Å²) < 4.78 is 0. The fraction of sp³-hybridized carbons (Fsp3) is 0.643. The van der Waals surface area contributed by atoms with E-state index in [1.165, 1.54) is 16.2 Å². The fourth-order valence-corrected chi connectivity index (χ4v) is 2.76. The minimum atomic E-state index is -1.01. The van der Waals surface area contributed by atoms with Gasteiger partial charge in [0.05, 0.1) is 10.7 Å². The monoisotopic (exact) mass is 298 g/mol. The van der Waals surface area contributed by atoms with E-state index in [1.807, 2.05) is 34.6 Å². The van der Waals surface area contributed by atoms with Crippen LogP contribution in [0.5, 0.6) is 0 Å². The van der Waals surface area contributed by atoms with Crippen LogP contribution < -0.4 is 0 Å². The molecule has 6 heteroatoms. The number of aromatic nitrogens is 1. The van der Waals surface area contributed by atoms with Crippen molar-refractivity contribution in [1.82, 2.24) is 9.88 Å². The number of amides is 1. The van der Waals surface area contributed by atoms with Crippen molar-refractivity contribution >= 4 is 23.2 Å². The topological polar surface area (TPSA) is 70.5 Å². The van der Waals surface area contributed by atoms with Crippen LogP contribution in [0.3, 0.4) is 0 Å². The van der Waals surface area contributed by atoms with Crippen molar-refractivity contribution in [3.8, 4) is 0 Å². The Morgan fingerprint density at radius 1 is 1.35 bits per heavy atom. The van der Waals surface area contributed by atoms with Crippen LogP contribution in [0.25, 0.3) is 0 Å². The molecular weight excluding hydrogens is 276 g/mol. The fourth-order valence-electron chi connectivity index (χ4n) is 1.68. The van der Waals surface area contributed by atoms with Crippen LogP contribution >= 0.6 is 11.3 Å². The van der Waals surface area contributed by atoms with Gasteiger partial charge in [-0.15, -0.1) is 11.3 Å². The lowest BCUT2D eigenvalue weighted by Crippen LogP contribution is -2.40. The SMILES string of the molecule is Cc1nc(C(C)(C)C)sc1C(=O)N(CC(=O)O)C(C)C. The Labute approximate surface area is 123 Å². The van der Waals surface area contributed by atoms with Crippen molar-refractivity contribution < 1.29 is 14.7 Å². The Balaban J connectivity index is 3.13. The number of thiazole rings is 1.